The summed E-state index contributed by atoms with van der Waals surface area (Å²) in [4.78, 5) is 10.6. The Morgan fingerprint density at radius 1 is 0.643 bits per heavy atom. The Labute approximate surface area is 182 Å². The van der Waals surface area contributed by atoms with E-state index in [1.807, 2.05) is 0 Å². The van der Waals surface area contributed by atoms with Crippen LogP contribution in [0.25, 0.3) is 0 Å². The molecule has 1 unspecified atom stereocenters. The molecule has 0 aliphatic rings. The standard InChI is InChI=1S/C21H41ClO5S/c22-18-21(19-23)20-27-16-15-26-14-13-25-12-11-24-10-8-6-4-2-1-3-5-7-9-17-28/h19,21,28H,1-18,20H2. The molecule has 0 fully saturated rings. The third-order valence-electron chi connectivity index (χ3n) is 4.29. The summed E-state index contributed by atoms with van der Waals surface area (Å²) in [6.07, 6.45) is 12.5. The Balaban J connectivity index is 3.04. The molecular formula is C21H41ClO5S. The summed E-state index contributed by atoms with van der Waals surface area (Å²) >= 11 is 9.82. The van der Waals surface area contributed by atoms with Crippen LogP contribution < -0.4 is 0 Å². The molecule has 1 atom stereocenters. The molecule has 0 aromatic carbocycles. The number of rotatable bonds is 24. The lowest BCUT2D eigenvalue weighted by Gasteiger charge is -2.09. The maximum absolute atomic E-state index is 10.6. The molecule has 5 nitrogen and oxygen atoms in total. The van der Waals surface area contributed by atoms with E-state index in [1.165, 1.54) is 51.4 Å². The molecule has 0 amide bonds. The first-order chi connectivity index (χ1) is 13.8. The third kappa shape index (κ3) is 22.4. The Morgan fingerprint density at radius 3 is 1.54 bits per heavy atom. The molecule has 0 saturated heterocycles. The van der Waals surface area contributed by atoms with Crippen molar-refractivity contribution in [1.82, 2.24) is 0 Å². The van der Waals surface area contributed by atoms with Crippen LogP contribution in [0.2, 0.25) is 0 Å². The van der Waals surface area contributed by atoms with Crippen LogP contribution in [-0.2, 0) is 23.7 Å². The van der Waals surface area contributed by atoms with Crippen molar-refractivity contribution >= 4 is 30.5 Å². The quantitative estimate of drug-likeness (QED) is 0.103. The topological polar surface area (TPSA) is 54.0 Å². The smallest absolute Gasteiger partial charge is 0.126 e. The second-order valence-corrected chi connectivity index (χ2v) is 7.62. The highest BCUT2D eigenvalue weighted by atomic mass is 35.5. The lowest BCUT2D eigenvalue weighted by Crippen LogP contribution is -2.16. The van der Waals surface area contributed by atoms with Crippen molar-refractivity contribution < 1.29 is 23.7 Å². The van der Waals surface area contributed by atoms with Gasteiger partial charge in [-0.2, -0.15) is 12.6 Å². The van der Waals surface area contributed by atoms with Gasteiger partial charge in [-0.1, -0.05) is 44.9 Å². The molecule has 0 aliphatic carbocycles. The van der Waals surface area contributed by atoms with Gasteiger partial charge in [0.25, 0.3) is 0 Å². The number of aldehydes is 1. The van der Waals surface area contributed by atoms with Crippen LogP contribution in [0.3, 0.4) is 0 Å². The number of carbonyl (C=O) groups is 1. The summed E-state index contributed by atoms with van der Waals surface area (Å²) in [6, 6.07) is 0. The van der Waals surface area contributed by atoms with E-state index in [9.17, 15) is 4.79 Å². The molecule has 0 N–H and O–H groups in total. The van der Waals surface area contributed by atoms with Gasteiger partial charge in [-0.25, -0.2) is 0 Å². The van der Waals surface area contributed by atoms with E-state index in [1.54, 1.807) is 0 Å². The molecule has 28 heavy (non-hydrogen) atoms. The predicted octanol–water partition coefficient (Wildman–Crippen LogP) is 4.55. The van der Waals surface area contributed by atoms with Gasteiger partial charge >= 0.3 is 0 Å². The highest BCUT2D eigenvalue weighted by Crippen LogP contribution is 2.10. The van der Waals surface area contributed by atoms with Crippen molar-refractivity contribution in [2.75, 3.05) is 64.5 Å². The van der Waals surface area contributed by atoms with Gasteiger partial charge in [0.2, 0.25) is 0 Å². The summed E-state index contributed by atoms with van der Waals surface area (Å²) in [7, 11) is 0. The second kappa shape index (κ2) is 25.2. The predicted molar refractivity (Wildman–Crippen MR) is 119 cm³/mol. The van der Waals surface area contributed by atoms with Crippen molar-refractivity contribution in [3.8, 4) is 0 Å². The van der Waals surface area contributed by atoms with Gasteiger partial charge in [-0.15, -0.1) is 11.6 Å². The summed E-state index contributed by atoms with van der Waals surface area (Å²) in [5.74, 6) is 1.08. The first kappa shape index (κ1) is 28.1. The summed E-state index contributed by atoms with van der Waals surface area (Å²) in [6.45, 7) is 4.44. The fraction of sp³-hybridized carbons (Fsp3) is 0.952. The number of alkyl halides is 1. The number of thiol groups is 1. The maximum atomic E-state index is 10.6. The molecule has 0 aromatic rings. The SMILES string of the molecule is O=CC(CCl)COCCOCCOCCOCCCCCCCCCCCS. The van der Waals surface area contributed by atoms with Gasteiger partial charge in [0.15, 0.2) is 0 Å². The monoisotopic (exact) mass is 440 g/mol. The van der Waals surface area contributed by atoms with E-state index >= 15 is 0 Å². The second-order valence-electron chi connectivity index (χ2n) is 6.87. The van der Waals surface area contributed by atoms with E-state index in [0.717, 1.165) is 25.1 Å². The van der Waals surface area contributed by atoms with Gasteiger partial charge in [0.05, 0.1) is 52.2 Å². The molecule has 0 aliphatic heterocycles. The van der Waals surface area contributed by atoms with Gasteiger partial charge in [0, 0.05) is 12.5 Å². The Bertz CT molecular complexity index is 311. The molecule has 0 aromatic heterocycles. The summed E-state index contributed by atoms with van der Waals surface area (Å²) in [5.41, 5.74) is 0. The van der Waals surface area contributed by atoms with Crippen molar-refractivity contribution in [1.29, 1.82) is 0 Å². The molecule has 168 valence electrons. The lowest BCUT2D eigenvalue weighted by molar-refractivity contribution is -0.112. The number of halogens is 1. The molecule has 0 spiro atoms. The van der Waals surface area contributed by atoms with Crippen LogP contribution in [0, 0.1) is 5.92 Å². The van der Waals surface area contributed by atoms with Gasteiger partial charge in [-0.05, 0) is 18.6 Å². The molecule has 0 saturated carbocycles. The molecular weight excluding hydrogens is 400 g/mol. The van der Waals surface area contributed by atoms with Crippen molar-refractivity contribution in [2.24, 2.45) is 5.92 Å². The van der Waals surface area contributed by atoms with Crippen molar-refractivity contribution in [2.45, 2.75) is 57.8 Å². The third-order valence-corrected chi connectivity index (χ3v) is 5.00. The first-order valence-corrected chi connectivity index (χ1v) is 11.9. The van der Waals surface area contributed by atoms with Crippen LogP contribution in [0.15, 0.2) is 0 Å². The average Bonchev–Trinajstić information content (AvgIpc) is 2.72. The first-order valence-electron chi connectivity index (χ1n) is 10.8. The Hall–Kier alpha value is 0.150. The number of ether oxygens (including phenoxy) is 4. The highest BCUT2D eigenvalue weighted by Gasteiger charge is 2.04. The van der Waals surface area contributed by atoms with E-state index in [-0.39, 0.29) is 11.8 Å². The van der Waals surface area contributed by atoms with Crippen LogP contribution in [0.4, 0.5) is 0 Å². The zero-order valence-electron chi connectivity index (χ0n) is 17.5. The van der Waals surface area contributed by atoms with Gasteiger partial charge < -0.3 is 23.7 Å². The van der Waals surface area contributed by atoms with Crippen LogP contribution in [-0.4, -0.2) is 70.8 Å². The van der Waals surface area contributed by atoms with E-state index in [4.69, 9.17) is 30.5 Å². The number of carbonyl (C=O) groups excluding carboxylic acids is 1. The van der Waals surface area contributed by atoms with Crippen molar-refractivity contribution in [3.05, 3.63) is 0 Å². The molecule has 7 heteroatoms. The Morgan fingerprint density at radius 2 is 1.07 bits per heavy atom. The Kier molecular flexibility index (Phi) is 25.3. The molecule has 0 radical (unpaired) electrons. The number of unbranched alkanes of at least 4 members (excludes halogenated alkanes) is 8. The zero-order valence-corrected chi connectivity index (χ0v) is 19.1. The van der Waals surface area contributed by atoms with Gasteiger partial charge in [-0.3, -0.25) is 0 Å². The van der Waals surface area contributed by atoms with E-state index < -0.39 is 0 Å². The fourth-order valence-electron chi connectivity index (χ4n) is 2.57. The zero-order chi connectivity index (χ0) is 20.5. The summed E-state index contributed by atoms with van der Waals surface area (Å²) < 4.78 is 21.7. The lowest BCUT2D eigenvalue weighted by atomic mass is 10.1. The molecule has 0 heterocycles. The minimum atomic E-state index is -0.233. The normalized spacial score (nSPS) is 12.4. The number of hydrogen-bond acceptors (Lipinski definition) is 6. The van der Waals surface area contributed by atoms with Crippen LogP contribution in [0.1, 0.15) is 57.8 Å². The maximum Gasteiger partial charge on any atom is 0.126 e. The van der Waals surface area contributed by atoms with Crippen LogP contribution in [0.5, 0.6) is 0 Å². The fourth-order valence-corrected chi connectivity index (χ4v) is 2.95. The number of hydrogen-bond donors (Lipinski definition) is 1. The van der Waals surface area contributed by atoms with E-state index in [0.29, 0.717) is 46.2 Å². The van der Waals surface area contributed by atoms with Crippen molar-refractivity contribution in [3.63, 3.8) is 0 Å². The van der Waals surface area contributed by atoms with Crippen LogP contribution >= 0.6 is 24.2 Å². The minimum absolute atomic E-state index is 0.233. The van der Waals surface area contributed by atoms with Gasteiger partial charge in [0.1, 0.15) is 6.29 Å². The average molecular weight is 441 g/mol. The minimum Gasteiger partial charge on any atom is -0.379 e. The summed E-state index contributed by atoms with van der Waals surface area (Å²) in [5, 5.41) is 0. The highest BCUT2D eigenvalue weighted by molar-refractivity contribution is 7.80. The largest absolute Gasteiger partial charge is 0.379 e. The van der Waals surface area contributed by atoms with E-state index in [2.05, 4.69) is 12.6 Å². The molecule has 0 bridgehead atoms. The molecule has 0 rings (SSSR count).